The fourth-order valence-electron chi connectivity index (χ4n) is 14.7. The Balaban J connectivity index is 0.927. The van der Waals surface area contributed by atoms with Crippen LogP contribution in [0.15, 0.2) is 11.6 Å². The van der Waals surface area contributed by atoms with E-state index in [0.717, 1.165) is 43.1 Å². The van der Waals surface area contributed by atoms with Gasteiger partial charge in [-0.3, -0.25) is 4.90 Å². The molecule has 3 saturated carbocycles. The van der Waals surface area contributed by atoms with E-state index in [9.17, 15) is 40.9 Å². The van der Waals surface area contributed by atoms with Crippen molar-refractivity contribution in [1.29, 1.82) is 0 Å². The lowest BCUT2D eigenvalue weighted by Gasteiger charge is -2.58. The summed E-state index contributed by atoms with van der Waals surface area (Å²) in [4.78, 5) is 2.95. The van der Waals surface area contributed by atoms with Crippen molar-refractivity contribution < 1.29 is 69.3 Å². The van der Waals surface area contributed by atoms with Gasteiger partial charge >= 0.3 is 0 Å². The van der Waals surface area contributed by atoms with E-state index in [4.69, 9.17) is 28.4 Å². The number of piperidine rings is 1. The second-order valence-corrected chi connectivity index (χ2v) is 21.2. The largest absolute Gasteiger partial charge is 0.394 e. The topological polar surface area (TPSA) is 220 Å². The Kier molecular flexibility index (Phi) is 12.2. The minimum Gasteiger partial charge on any atom is -0.394 e. The summed E-state index contributed by atoms with van der Waals surface area (Å²) >= 11 is 0. The van der Waals surface area contributed by atoms with Crippen molar-refractivity contribution in [3.63, 3.8) is 0 Å². The molecule has 0 bridgehead atoms. The van der Waals surface area contributed by atoms with E-state index >= 15 is 0 Å². The molecule has 26 atom stereocenters. The number of aliphatic hydroxyl groups excluding tert-OH is 8. The summed E-state index contributed by atoms with van der Waals surface area (Å²) in [5.74, 6) is 4.26. The van der Waals surface area contributed by atoms with Gasteiger partial charge in [0, 0.05) is 18.6 Å². The van der Waals surface area contributed by atoms with Gasteiger partial charge in [-0.25, -0.2) is 0 Å². The number of rotatable bonds is 7. The molecule has 8 fully saturated rings. The highest BCUT2D eigenvalue weighted by Crippen LogP contribution is 2.70. The molecule has 8 N–H and O–H groups in total. The molecule has 342 valence electrons. The summed E-state index contributed by atoms with van der Waals surface area (Å²) in [6.45, 7) is 13.7. The van der Waals surface area contributed by atoms with Crippen LogP contribution in [0.2, 0.25) is 0 Å². The monoisotopic (exact) mass is 852 g/mol. The molecule has 9 rings (SSSR count). The predicted molar refractivity (Wildman–Crippen MR) is 214 cm³/mol. The standard InChI is InChI=1S/C45H73NO14/c1-19-7-10-28-20(2)31-29(46(28)17-19)16-27-25-9-8-23-15-24(11-13-44(23,5)26(25)12-14-45(27,31)6)57-43-40(60-42-37(53)35(51)33(49)22(4)56-42)38(54)39(30(18-47)58-43)59-41-36(52)34(50)32(48)21(3)55-41/h8,19-22,24-43,47-54H,7,9-18H2,1-6H3/t19-,20-,21+,22+,24-,25+,26-,27+,28-,29+,30+,31+,32+,33+,34-,35-,36+,37+,38-,39+,40+,41-,42-,43+,44-,45-/m1/s1. The molecule has 5 heterocycles. The van der Waals surface area contributed by atoms with Crippen molar-refractivity contribution in [2.24, 2.45) is 46.3 Å². The van der Waals surface area contributed by atoms with Gasteiger partial charge in [-0.2, -0.15) is 0 Å². The molecule has 9 aliphatic rings. The number of nitrogens with zero attached hydrogens (tertiary/aromatic N) is 1. The maximum atomic E-state index is 12.0. The smallest absolute Gasteiger partial charge is 0.187 e. The Bertz CT molecular complexity index is 1570. The van der Waals surface area contributed by atoms with Crippen molar-refractivity contribution in [1.82, 2.24) is 4.90 Å². The summed E-state index contributed by atoms with van der Waals surface area (Å²) in [5.41, 5.74) is 1.80. The van der Waals surface area contributed by atoms with Gasteiger partial charge in [0.05, 0.1) is 24.9 Å². The molecule has 0 radical (unpaired) electrons. The summed E-state index contributed by atoms with van der Waals surface area (Å²) in [7, 11) is 0. The van der Waals surface area contributed by atoms with Gasteiger partial charge in [0.1, 0.15) is 61.0 Å². The van der Waals surface area contributed by atoms with Gasteiger partial charge < -0.3 is 69.3 Å². The average Bonchev–Trinajstić information content (AvgIpc) is 3.69. The van der Waals surface area contributed by atoms with Crippen LogP contribution in [0.5, 0.6) is 0 Å². The van der Waals surface area contributed by atoms with Gasteiger partial charge in [0.25, 0.3) is 0 Å². The second kappa shape index (κ2) is 16.5. The zero-order valence-corrected chi connectivity index (χ0v) is 36.2. The maximum absolute atomic E-state index is 12.0. The maximum Gasteiger partial charge on any atom is 0.187 e. The van der Waals surface area contributed by atoms with Crippen molar-refractivity contribution in [2.75, 3.05) is 13.2 Å². The van der Waals surface area contributed by atoms with Gasteiger partial charge in [0.2, 0.25) is 0 Å². The van der Waals surface area contributed by atoms with Crippen LogP contribution in [0.4, 0.5) is 0 Å². The van der Waals surface area contributed by atoms with E-state index in [0.29, 0.717) is 35.6 Å². The lowest BCUT2D eigenvalue weighted by atomic mass is 9.47. The zero-order valence-electron chi connectivity index (χ0n) is 36.2. The SMILES string of the molecule is C[C@@H]1CC[C@@H]2[C@@H](C)[C@H]3[C@H](C[C@H]4[C@H]5CC=C6C[C@H](O[C@H]7O[C@@H](CO)[C@H](O[C@H]8O[C@@H](C)[C@H](O)[C@@H](O)[C@@H]8O)[C@@H](O)[C@@H]7O[C@H]7O[C@@H](C)[C@H](O)[C@@H](O)[C@@H]7O)CC[C@@]6(C)[C@@H]5CC[C@@]34C)N2C1. The number of aliphatic hydroxyl groups is 8. The molecule has 0 amide bonds. The Morgan fingerprint density at radius 1 is 0.683 bits per heavy atom. The normalized spacial score (nSPS) is 58.1. The molecule has 4 aliphatic carbocycles. The average molecular weight is 852 g/mol. The van der Waals surface area contributed by atoms with Gasteiger partial charge in [-0.05, 0) is 118 Å². The molecular formula is C45H73NO14. The van der Waals surface area contributed by atoms with E-state index in [1.165, 1.54) is 58.1 Å². The van der Waals surface area contributed by atoms with Crippen LogP contribution in [-0.2, 0) is 28.4 Å². The first-order valence-corrected chi connectivity index (χ1v) is 23.2. The molecular weight excluding hydrogens is 778 g/mol. The van der Waals surface area contributed by atoms with Crippen LogP contribution in [0.25, 0.3) is 0 Å². The van der Waals surface area contributed by atoms with Gasteiger partial charge in [-0.15, -0.1) is 0 Å². The fourth-order valence-corrected chi connectivity index (χ4v) is 14.7. The number of hydrogen-bond donors (Lipinski definition) is 8. The highest BCUT2D eigenvalue weighted by molar-refractivity contribution is 5.27. The van der Waals surface area contributed by atoms with Crippen LogP contribution in [0.1, 0.15) is 99.3 Å². The molecule has 0 aromatic rings. The van der Waals surface area contributed by atoms with Crippen LogP contribution >= 0.6 is 0 Å². The van der Waals surface area contributed by atoms with Crippen LogP contribution in [-0.4, -0.2) is 169 Å². The minimum absolute atomic E-state index is 0.0360. The first-order chi connectivity index (χ1) is 28.5. The van der Waals surface area contributed by atoms with E-state index in [1.807, 2.05) is 0 Å². The molecule has 5 aliphatic heterocycles. The Hall–Kier alpha value is -0.860. The van der Waals surface area contributed by atoms with Crippen LogP contribution in [0, 0.1) is 46.3 Å². The summed E-state index contributed by atoms with van der Waals surface area (Å²) < 4.78 is 36.7. The van der Waals surface area contributed by atoms with E-state index < -0.39 is 98.7 Å². The molecule has 15 heteroatoms. The van der Waals surface area contributed by atoms with E-state index in [1.54, 1.807) is 0 Å². The number of hydrogen-bond acceptors (Lipinski definition) is 15. The van der Waals surface area contributed by atoms with E-state index in [2.05, 4.69) is 38.7 Å². The third kappa shape index (κ3) is 7.11. The highest BCUT2D eigenvalue weighted by Gasteiger charge is 2.66. The molecule has 0 spiro atoms. The summed E-state index contributed by atoms with van der Waals surface area (Å²) in [6.07, 6.45) is -9.14. The Morgan fingerprint density at radius 3 is 1.98 bits per heavy atom. The minimum atomic E-state index is -1.70. The molecule has 0 unspecified atom stereocenters. The molecule has 15 nitrogen and oxygen atoms in total. The van der Waals surface area contributed by atoms with Gasteiger partial charge in [0.15, 0.2) is 18.9 Å². The van der Waals surface area contributed by atoms with Crippen molar-refractivity contribution in [3.05, 3.63) is 11.6 Å². The highest BCUT2D eigenvalue weighted by atomic mass is 16.8. The molecule has 0 aromatic heterocycles. The fraction of sp³-hybridized carbons (Fsp3) is 0.956. The Morgan fingerprint density at radius 2 is 1.33 bits per heavy atom. The lowest BCUT2D eigenvalue weighted by molar-refractivity contribution is -0.388. The predicted octanol–water partition coefficient (Wildman–Crippen LogP) is 1.18. The van der Waals surface area contributed by atoms with Crippen LogP contribution < -0.4 is 0 Å². The lowest BCUT2D eigenvalue weighted by Crippen LogP contribution is -2.66. The molecule has 60 heavy (non-hydrogen) atoms. The number of fused-ring (bicyclic) bond motifs is 9. The van der Waals surface area contributed by atoms with Gasteiger partial charge in [-0.1, -0.05) is 39.3 Å². The molecule has 0 aromatic carbocycles. The number of ether oxygens (including phenoxy) is 6. The second-order valence-electron chi connectivity index (χ2n) is 21.2. The van der Waals surface area contributed by atoms with Crippen LogP contribution in [0.3, 0.4) is 0 Å². The van der Waals surface area contributed by atoms with E-state index in [-0.39, 0.29) is 11.5 Å². The Labute approximate surface area is 354 Å². The summed E-state index contributed by atoms with van der Waals surface area (Å²) in [6, 6.07) is 1.45. The quantitative estimate of drug-likeness (QED) is 0.169. The first-order valence-electron chi connectivity index (χ1n) is 23.2. The third-order valence-electron chi connectivity index (χ3n) is 18.0. The van der Waals surface area contributed by atoms with Crippen molar-refractivity contribution in [3.8, 4) is 0 Å². The molecule has 5 saturated heterocycles. The summed E-state index contributed by atoms with van der Waals surface area (Å²) in [5, 5.41) is 85.9. The first kappa shape index (κ1) is 44.3. The third-order valence-corrected chi connectivity index (χ3v) is 18.0. The van der Waals surface area contributed by atoms with Crippen molar-refractivity contribution in [2.45, 2.75) is 210 Å². The number of allylic oxidation sites excluding steroid dienone is 1. The van der Waals surface area contributed by atoms with Crippen molar-refractivity contribution >= 4 is 0 Å². The zero-order chi connectivity index (χ0) is 42.7.